The Morgan fingerprint density at radius 2 is 1.29 bits per heavy atom. The zero-order valence-corrected chi connectivity index (χ0v) is 22.3. The Hall–Kier alpha value is 0.681. The Labute approximate surface area is 206 Å². The van der Waals surface area contributed by atoms with Crippen molar-refractivity contribution < 1.29 is 59.3 Å². The van der Waals surface area contributed by atoms with Gasteiger partial charge in [0.2, 0.25) is 0 Å². The van der Waals surface area contributed by atoms with E-state index in [9.17, 15) is 9.46 Å². The first-order chi connectivity index (χ1) is 13.0. The molecule has 0 aromatic heterocycles. The number of phosphoric ester groups is 1. The van der Waals surface area contributed by atoms with Gasteiger partial charge >= 0.3 is 0 Å². The van der Waals surface area contributed by atoms with Crippen molar-refractivity contribution in [3.63, 3.8) is 0 Å². The first kappa shape index (κ1) is 30.9. The quantitative estimate of drug-likeness (QED) is 0.201. The first-order valence-electron chi connectivity index (χ1n) is 10.5. The molecule has 0 radical (unpaired) electrons. The SMILES string of the molecule is CCCCC(CC)COP(=O)([O-])OCC(CC)CCCC.[Nd].[c-]1ccccc1. The van der Waals surface area contributed by atoms with Crippen LogP contribution in [0, 0.1) is 58.7 Å². The van der Waals surface area contributed by atoms with Gasteiger partial charge in [-0.2, -0.15) is 36.4 Å². The molecule has 1 aromatic rings. The van der Waals surface area contributed by atoms with Crippen molar-refractivity contribution in [1.82, 2.24) is 0 Å². The number of phosphoric acid groups is 1. The van der Waals surface area contributed by atoms with Crippen LogP contribution in [0.3, 0.4) is 0 Å². The van der Waals surface area contributed by atoms with Crippen molar-refractivity contribution >= 4 is 7.82 Å². The summed E-state index contributed by atoms with van der Waals surface area (Å²) in [6.45, 7) is 8.91. The van der Waals surface area contributed by atoms with Crippen LogP contribution in [0.4, 0.5) is 0 Å². The second-order valence-electron chi connectivity index (χ2n) is 6.95. The van der Waals surface area contributed by atoms with E-state index in [0.29, 0.717) is 11.8 Å². The molecule has 0 aliphatic carbocycles. The van der Waals surface area contributed by atoms with Crippen LogP contribution < -0.4 is 4.89 Å². The molecule has 0 amide bonds. The number of rotatable bonds is 14. The summed E-state index contributed by atoms with van der Waals surface area (Å²) in [7, 11) is -4.14. The van der Waals surface area contributed by atoms with E-state index in [-0.39, 0.29) is 54.1 Å². The van der Waals surface area contributed by atoms with Gasteiger partial charge in [-0.15, -0.1) is 0 Å². The summed E-state index contributed by atoms with van der Waals surface area (Å²) in [6.07, 6.45) is 8.38. The Morgan fingerprint density at radius 1 is 0.857 bits per heavy atom. The minimum atomic E-state index is -4.14. The van der Waals surface area contributed by atoms with Crippen LogP contribution in [0.1, 0.15) is 79.1 Å². The van der Waals surface area contributed by atoms with Gasteiger partial charge in [0.05, 0.1) is 13.2 Å². The van der Waals surface area contributed by atoms with Crippen LogP contribution in [0.2, 0.25) is 0 Å². The number of hydrogen-bond acceptors (Lipinski definition) is 4. The zero-order valence-electron chi connectivity index (χ0n) is 18.2. The molecule has 0 aliphatic heterocycles. The Kier molecular flexibility index (Phi) is 23.1. The van der Waals surface area contributed by atoms with Gasteiger partial charge < -0.3 is 13.9 Å². The predicted octanol–water partition coefficient (Wildman–Crippen LogP) is 6.41. The topological polar surface area (TPSA) is 58.6 Å². The molecule has 0 saturated heterocycles. The normalized spacial score (nSPS) is 14.8. The van der Waals surface area contributed by atoms with Crippen LogP contribution in [0.5, 0.6) is 0 Å². The van der Waals surface area contributed by atoms with E-state index in [1.54, 1.807) is 0 Å². The molecule has 0 N–H and O–H groups in total. The molecule has 2 atom stereocenters. The fourth-order valence-electron chi connectivity index (χ4n) is 2.57. The van der Waals surface area contributed by atoms with E-state index in [2.05, 4.69) is 33.8 Å². The van der Waals surface area contributed by atoms with Crippen LogP contribution in [0.25, 0.3) is 0 Å². The molecule has 6 heteroatoms. The van der Waals surface area contributed by atoms with Gasteiger partial charge in [-0.05, 0) is 24.7 Å². The molecule has 0 heterocycles. The summed E-state index contributed by atoms with van der Waals surface area (Å²) in [5.41, 5.74) is 0. The van der Waals surface area contributed by atoms with Crippen molar-refractivity contribution in [2.75, 3.05) is 13.2 Å². The van der Waals surface area contributed by atoms with Crippen molar-refractivity contribution in [1.29, 1.82) is 0 Å². The summed E-state index contributed by atoms with van der Waals surface area (Å²) >= 11 is 0. The molecule has 0 fully saturated rings. The number of unbranched alkanes of at least 4 members (excludes halogenated alkanes) is 2. The van der Waals surface area contributed by atoms with Gasteiger partial charge in [-0.1, -0.05) is 66.2 Å². The van der Waals surface area contributed by atoms with Crippen molar-refractivity contribution in [3.8, 4) is 0 Å². The van der Waals surface area contributed by atoms with Gasteiger partial charge in [0.15, 0.2) is 0 Å². The van der Waals surface area contributed by atoms with Crippen LogP contribution >= 0.6 is 7.82 Å². The van der Waals surface area contributed by atoms with Gasteiger partial charge in [0, 0.05) is 40.8 Å². The van der Waals surface area contributed by atoms with E-state index in [4.69, 9.17) is 9.05 Å². The van der Waals surface area contributed by atoms with Crippen molar-refractivity contribution in [2.45, 2.75) is 79.1 Å². The summed E-state index contributed by atoms with van der Waals surface area (Å²) in [4.78, 5) is 11.8. The molecule has 28 heavy (non-hydrogen) atoms. The summed E-state index contributed by atoms with van der Waals surface area (Å²) in [5, 5.41) is 0. The standard InChI is InChI=1S/C16H35O4P.C6H5.Nd/c1-5-9-11-15(7-3)13-19-21(17,18)20-14-16(8-4)12-10-6-2;1-2-4-6-5-3-1;/h15-16H,5-14H2,1-4H3,(H,17,18);1-5H;/q;-1;/p-1. The summed E-state index contributed by atoms with van der Waals surface area (Å²) in [6, 6.07) is 12.5. The average Bonchev–Trinajstić information content (AvgIpc) is 2.70. The maximum atomic E-state index is 11.8. The van der Waals surface area contributed by atoms with Gasteiger partial charge in [0.1, 0.15) is 0 Å². The second-order valence-corrected chi connectivity index (χ2v) is 8.36. The van der Waals surface area contributed by atoms with E-state index >= 15 is 0 Å². The third-order valence-electron chi connectivity index (χ3n) is 4.63. The van der Waals surface area contributed by atoms with Gasteiger partial charge in [-0.25, -0.2) is 0 Å². The molecule has 1 rings (SSSR count). The Balaban J connectivity index is 0. The van der Waals surface area contributed by atoms with Crippen molar-refractivity contribution in [3.05, 3.63) is 36.4 Å². The minimum absolute atomic E-state index is 0. The van der Waals surface area contributed by atoms with Crippen LogP contribution in [0.15, 0.2) is 30.3 Å². The first-order valence-corrected chi connectivity index (χ1v) is 12.0. The third-order valence-corrected chi connectivity index (χ3v) is 5.56. The molecule has 1 aromatic carbocycles. The maximum Gasteiger partial charge on any atom is 0.267 e. The van der Waals surface area contributed by atoms with Crippen molar-refractivity contribution in [2.24, 2.45) is 11.8 Å². The maximum absolute atomic E-state index is 11.8. The van der Waals surface area contributed by atoms with Crippen LogP contribution in [-0.4, -0.2) is 13.2 Å². The summed E-state index contributed by atoms with van der Waals surface area (Å²) < 4.78 is 21.9. The van der Waals surface area contributed by atoms with E-state index in [1.807, 2.05) is 30.3 Å². The molecular formula is C22H39NdO4P-2. The molecule has 0 aliphatic rings. The molecule has 0 bridgehead atoms. The minimum Gasteiger partial charge on any atom is -0.756 e. The number of benzene rings is 1. The molecular weight excluding hydrogens is 503 g/mol. The van der Waals surface area contributed by atoms with E-state index in [0.717, 1.165) is 51.4 Å². The smallest absolute Gasteiger partial charge is 0.267 e. The fourth-order valence-corrected chi connectivity index (χ4v) is 3.43. The Morgan fingerprint density at radius 3 is 1.54 bits per heavy atom. The molecule has 2 unspecified atom stereocenters. The Bertz CT molecular complexity index is 422. The van der Waals surface area contributed by atoms with Gasteiger partial charge in [-0.3, -0.25) is 4.57 Å². The number of hydrogen-bond donors (Lipinski definition) is 0. The monoisotopic (exact) mass is 540 g/mol. The molecule has 0 saturated carbocycles. The molecule has 4 nitrogen and oxygen atoms in total. The second kappa shape index (κ2) is 20.9. The summed E-state index contributed by atoms with van der Waals surface area (Å²) in [5.74, 6) is 0.607. The fraction of sp³-hybridized carbons (Fsp3) is 0.727. The molecule has 162 valence electrons. The zero-order chi connectivity index (χ0) is 20.4. The van der Waals surface area contributed by atoms with Crippen LogP contribution in [-0.2, 0) is 13.6 Å². The molecule has 0 spiro atoms. The third kappa shape index (κ3) is 18.7. The van der Waals surface area contributed by atoms with E-state index < -0.39 is 7.82 Å². The van der Waals surface area contributed by atoms with E-state index in [1.165, 1.54) is 0 Å². The van der Waals surface area contributed by atoms with Gasteiger partial charge in [0.25, 0.3) is 7.82 Å². The predicted molar refractivity (Wildman–Crippen MR) is 111 cm³/mol. The average molecular weight is 543 g/mol. The largest absolute Gasteiger partial charge is 0.756 e.